The maximum Gasteiger partial charge on any atom is 0.233 e. The summed E-state index contributed by atoms with van der Waals surface area (Å²) in [6.45, 7) is 1.80. The number of nitrogens with zero attached hydrogens (tertiary/aromatic N) is 2. The van der Waals surface area contributed by atoms with Gasteiger partial charge in [0.25, 0.3) is 0 Å². The van der Waals surface area contributed by atoms with Crippen molar-refractivity contribution in [3.63, 3.8) is 0 Å². The average molecular weight is 324 g/mol. The zero-order chi connectivity index (χ0) is 14.7. The Kier molecular flexibility index (Phi) is 4.70. The molecule has 1 amide bonds. The molecule has 0 radical (unpaired) electrons. The molecule has 4 nitrogen and oxygen atoms in total. The summed E-state index contributed by atoms with van der Waals surface area (Å²) in [5.41, 5.74) is 1.79. The van der Waals surface area contributed by atoms with Crippen molar-refractivity contribution in [1.29, 1.82) is 0 Å². The van der Waals surface area contributed by atoms with Crippen LogP contribution < -0.4 is 0 Å². The fourth-order valence-corrected chi connectivity index (χ4v) is 3.53. The zero-order valence-electron chi connectivity index (χ0n) is 11.8. The molecule has 1 aromatic carbocycles. The second-order valence-corrected chi connectivity index (χ2v) is 6.69. The first kappa shape index (κ1) is 14.7. The Morgan fingerprint density at radius 1 is 1.29 bits per heavy atom. The second-order valence-electron chi connectivity index (χ2n) is 5.29. The number of thioether (sulfide) groups is 1. The number of imidazole rings is 1. The quantitative estimate of drug-likeness (QED) is 0.876. The van der Waals surface area contributed by atoms with Gasteiger partial charge in [0.15, 0.2) is 5.16 Å². The van der Waals surface area contributed by atoms with Gasteiger partial charge in [0.2, 0.25) is 5.91 Å². The lowest BCUT2D eigenvalue weighted by molar-refractivity contribution is -0.128. The molecule has 0 unspecified atom stereocenters. The normalized spacial score (nSPS) is 16.1. The van der Waals surface area contributed by atoms with E-state index in [-0.39, 0.29) is 5.91 Å². The van der Waals surface area contributed by atoms with Gasteiger partial charge in [0, 0.05) is 18.1 Å². The molecule has 1 fully saturated rings. The smallest absolute Gasteiger partial charge is 0.233 e. The molecule has 1 aromatic heterocycles. The molecule has 0 aliphatic carbocycles. The van der Waals surface area contributed by atoms with Crippen molar-refractivity contribution < 1.29 is 4.79 Å². The van der Waals surface area contributed by atoms with Gasteiger partial charge in [-0.1, -0.05) is 36.2 Å². The third kappa shape index (κ3) is 3.71. The molecule has 3 rings (SSSR count). The van der Waals surface area contributed by atoms with Crippen LogP contribution in [0.2, 0.25) is 5.02 Å². The van der Waals surface area contributed by atoms with Gasteiger partial charge in [-0.3, -0.25) is 4.79 Å². The first-order valence-electron chi connectivity index (χ1n) is 7.28. The van der Waals surface area contributed by atoms with Crippen LogP contribution >= 0.6 is 23.4 Å². The average Bonchev–Trinajstić information content (AvgIpc) is 2.69. The number of hydrogen-bond donors (Lipinski definition) is 1. The molecule has 112 valence electrons. The number of likely N-dealkylation sites (tertiary alicyclic amines) is 1. The van der Waals surface area contributed by atoms with Crippen LogP contribution in [0.1, 0.15) is 25.7 Å². The SMILES string of the molecule is O=C(CSc1nc2ccc(Cl)cc2[nH]1)N1CCCCCC1. The summed E-state index contributed by atoms with van der Waals surface area (Å²) in [5, 5.41) is 1.46. The number of nitrogens with one attached hydrogen (secondary N) is 1. The first-order valence-corrected chi connectivity index (χ1v) is 8.64. The fraction of sp³-hybridized carbons (Fsp3) is 0.467. The highest BCUT2D eigenvalue weighted by Gasteiger charge is 2.16. The lowest BCUT2D eigenvalue weighted by Gasteiger charge is -2.19. The Morgan fingerprint density at radius 2 is 2.05 bits per heavy atom. The monoisotopic (exact) mass is 323 g/mol. The summed E-state index contributed by atoms with van der Waals surface area (Å²) >= 11 is 7.42. The van der Waals surface area contributed by atoms with Crippen molar-refractivity contribution >= 4 is 40.3 Å². The van der Waals surface area contributed by atoms with Gasteiger partial charge in [-0.05, 0) is 31.0 Å². The van der Waals surface area contributed by atoms with Crippen LogP contribution in [-0.4, -0.2) is 39.6 Å². The van der Waals surface area contributed by atoms with Crippen LogP contribution in [0.15, 0.2) is 23.4 Å². The first-order chi connectivity index (χ1) is 10.2. The summed E-state index contributed by atoms with van der Waals surface area (Å²) < 4.78 is 0. The van der Waals surface area contributed by atoms with Crippen LogP contribution in [0.25, 0.3) is 11.0 Å². The molecule has 2 aromatic rings. The van der Waals surface area contributed by atoms with Gasteiger partial charge >= 0.3 is 0 Å². The van der Waals surface area contributed by atoms with E-state index in [9.17, 15) is 4.79 Å². The van der Waals surface area contributed by atoms with Crippen molar-refractivity contribution in [2.45, 2.75) is 30.8 Å². The standard InChI is InChI=1S/C15H18ClN3OS/c16-11-5-6-12-13(9-11)18-15(17-12)21-10-14(20)19-7-3-1-2-4-8-19/h5-6,9H,1-4,7-8,10H2,(H,17,18). The Bertz CT molecular complexity index is 635. The van der Waals surface area contributed by atoms with Crippen LogP contribution in [0.3, 0.4) is 0 Å². The number of carbonyl (C=O) groups excluding carboxylic acids is 1. The van der Waals surface area contributed by atoms with Gasteiger partial charge in [0.05, 0.1) is 16.8 Å². The van der Waals surface area contributed by atoms with E-state index in [1.165, 1.54) is 24.6 Å². The third-order valence-corrected chi connectivity index (χ3v) is 4.81. The molecule has 1 aliphatic rings. The molecular formula is C15H18ClN3OS. The summed E-state index contributed by atoms with van der Waals surface area (Å²) in [6, 6.07) is 5.56. The maximum atomic E-state index is 12.2. The second kappa shape index (κ2) is 6.71. The molecule has 0 atom stereocenters. The number of H-pyrrole nitrogens is 1. The highest BCUT2D eigenvalue weighted by Crippen LogP contribution is 2.22. The number of halogens is 1. The van der Waals surface area contributed by atoms with Crippen LogP contribution in [0.5, 0.6) is 0 Å². The predicted octanol–water partition coefficient (Wildman–Crippen LogP) is 3.71. The van der Waals surface area contributed by atoms with E-state index in [4.69, 9.17) is 11.6 Å². The minimum absolute atomic E-state index is 0.209. The molecule has 1 saturated heterocycles. The summed E-state index contributed by atoms with van der Waals surface area (Å²) in [5.74, 6) is 0.647. The number of amides is 1. The number of hydrogen-bond acceptors (Lipinski definition) is 3. The van der Waals surface area contributed by atoms with Gasteiger partial charge in [-0.15, -0.1) is 0 Å². The Morgan fingerprint density at radius 3 is 2.81 bits per heavy atom. The van der Waals surface area contributed by atoms with E-state index in [1.807, 2.05) is 23.1 Å². The van der Waals surface area contributed by atoms with Gasteiger partial charge in [0.1, 0.15) is 0 Å². The molecule has 1 aliphatic heterocycles. The molecular weight excluding hydrogens is 306 g/mol. The van der Waals surface area contributed by atoms with E-state index in [1.54, 1.807) is 0 Å². The predicted molar refractivity (Wildman–Crippen MR) is 86.9 cm³/mol. The summed E-state index contributed by atoms with van der Waals surface area (Å²) in [4.78, 5) is 21.9. The van der Waals surface area contributed by atoms with Crippen LogP contribution in [0.4, 0.5) is 0 Å². The number of aromatic nitrogens is 2. The van der Waals surface area contributed by atoms with Crippen molar-refractivity contribution in [3.05, 3.63) is 23.2 Å². The van der Waals surface area contributed by atoms with E-state index >= 15 is 0 Å². The van der Waals surface area contributed by atoms with Crippen molar-refractivity contribution in [1.82, 2.24) is 14.9 Å². The third-order valence-electron chi connectivity index (χ3n) is 3.71. The van der Waals surface area contributed by atoms with Crippen molar-refractivity contribution in [3.8, 4) is 0 Å². The Hall–Kier alpha value is -1.20. The highest BCUT2D eigenvalue weighted by atomic mass is 35.5. The number of aromatic amines is 1. The van der Waals surface area contributed by atoms with Crippen LogP contribution in [0, 0.1) is 0 Å². The van der Waals surface area contributed by atoms with Crippen molar-refractivity contribution in [2.24, 2.45) is 0 Å². The van der Waals surface area contributed by atoms with Crippen LogP contribution in [-0.2, 0) is 4.79 Å². The van der Waals surface area contributed by atoms with Crippen molar-refractivity contribution in [2.75, 3.05) is 18.8 Å². The minimum atomic E-state index is 0.209. The van der Waals surface area contributed by atoms with E-state index in [0.29, 0.717) is 10.8 Å². The molecule has 6 heteroatoms. The highest BCUT2D eigenvalue weighted by molar-refractivity contribution is 7.99. The minimum Gasteiger partial charge on any atom is -0.342 e. The lowest BCUT2D eigenvalue weighted by atomic mass is 10.2. The van der Waals surface area contributed by atoms with Gasteiger partial charge in [-0.25, -0.2) is 4.98 Å². The molecule has 0 bridgehead atoms. The fourth-order valence-electron chi connectivity index (χ4n) is 2.57. The van der Waals surface area contributed by atoms with Gasteiger partial charge in [-0.2, -0.15) is 0 Å². The maximum absolute atomic E-state index is 12.2. The Labute approximate surface area is 133 Å². The molecule has 1 N–H and O–H groups in total. The number of benzene rings is 1. The number of rotatable bonds is 3. The van der Waals surface area contributed by atoms with E-state index in [2.05, 4.69) is 9.97 Å². The molecule has 21 heavy (non-hydrogen) atoms. The summed E-state index contributed by atoms with van der Waals surface area (Å²) in [6.07, 6.45) is 4.72. The molecule has 0 spiro atoms. The summed E-state index contributed by atoms with van der Waals surface area (Å²) in [7, 11) is 0. The number of carbonyl (C=O) groups is 1. The largest absolute Gasteiger partial charge is 0.342 e. The van der Waals surface area contributed by atoms with E-state index in [0.717, 1.165) is 42.1 Å². The molecule has 0 saturated carbocycles. The molecule has 2 heterocycles. The topological polar surface area (TPSA) is 49.0 Å². The lowest BCUT2D eigenvalue weighted by Crippen LogP contribution is -2.33. The zero-order valence-corrected chi connectivity index (χ0v) is 13.3. The van der Waals surface area contributed by atoms with Gasteiger partial charge < -0.3 is 9.88 Å². The number of fused-ring (bicyclic) bond motifs is 1. The Balaban J connectivity index is 1.61. The van der Waals surface area contributed by atoms with E-state index < -0.39 is 0 Å².